The lowest BCUT2D eigenvalue weighted by Crippen LogP contribution is -2.43. The minimum Gasteiger partial charge on any atom is -0.476 e. The fraction of sp³-hybridized carbons (Fsp3) is 0.500. The molecular weight excluding hydrogens is 296 g/mol. The Morgan fingerprint density at radius 3 is 2.90 bits per heavy atom. The molecule has 1 aliphatic heterocycles. The van der Waals surface area contributed by atoms with Gasteiger partial charge in [-0.05, 0) is 6.42 Å². The maximum absolute atomic E-state index is 12.0. The third-order valence-corrected chi connectivity index (χ3v) is 3.97. The van der Waals surface area contributed by atoms with E-state index in [1.165, 1.54) is 21.6 Å². The van der Waals surface area contributed by atoms with Gasteiger partial charge >= 0.3 is 12.0 Å². The lowest BCUT2D eigenvalue weighted by Gasteiger charge is -2.19. The lowest BCUT2D eigenvalue weighted by atomic mass is 10.4. The first-order valence-corrected chi connectivity index (χ1v) is 7.30. The van der Waals surface area contributed by atoms with Gasteiger partial charge in [-0.15, -0.1) is 11.3 Å². The Balaban J connectivity index is 1.88. The molecule has 1 fully saturated rings. The van der Waals surface area contributed by atoms with E-state index in [0.29, 0.717) is 18.1 Å². The van der Waals surface area contributed by atoms with Crippen molar-refractivity contribution in [3.8, 4) is 0 Å². The Hall–Kier alpha value is -2.16. The zero-order valence-electron chi connectivity index (χ0n) is 11.5. The number of hydrogen-bond acceptors (Lipinski definition) is 5. The fourth-order valence-electron chi connectivity index (χ4n) is 1.91. The minimum absolute atomic E-state index is 0.0316. The topological polar surface area (TPSA) is 103 Å². The number of aromatic nitrogens is 1. The number of aromatic carboxylic acids is 1. The Kier molecular flexibility index (Phi) is 4.73. The molecule has 21 heavy (non-hydrogen) atoms. The first-order chi connectivity index (χ1) is 9.97. The molecule has 0 atom stereocenters. The van der Waals surface area contributed by atoms with Gasteiger partial charge in [0, 0.05) is 25.5 Å². The summed E-state index contributed by atoms with van der Waals surface area (Å²) in [4.78, 5) is 41.4. The molecular formula is C12H16N4O4S. The second kappa shape index (κ2) is 6.53. The van der Waals surface area contributed by atoms with E-state index in [2.05, 4.69) is 10.3 Å². The number of thiazole rings is 1. The van der Waals surface area contributed by atoms with Crippen LogP contribution < -0.4 is 5.32 Å². The largest absolute Gasteiger partial charge is 0.476 e. The molecule has 0 bridgehead atoms. The number of urea groups is 1. The van der Waals surface area contributed by atoms with Crippen LogP contribution in [-0.4, -0.2) is 64.5 Å². The summed E-state index contributed by atoms with van der Waals surface area (Å²) in [5.41, 5.74) is -0.0316. The Bertz CT molecular complexity index is 559. The molecule has 8 nitrogen and oxygen atoms in total. The Labute approximate surface area is 125 Å². The van der Waals surface area contributed by atoms with Gasteiger partial charge in [0.25, 0.3) is 0 Å². The van der Waals surface area contributed by atoms with Gasteiger partial charge in [0.2, 0.25) is 5.91 Å². The highest BCUT2D eigenvalue weighted by Gasteiger charge is 2.22. The summed E-state index contributed by atoms with van der Waals surface area (Å²) in [7, 11) is 1.72. The van der Waals surface area contributed by atoms with Crippen LogP contribution in [0.3, 0.4) is 0 Å². The van der Waals surface area contributed by atoms with Gasteiger partial charge in [-0.1, -0.05) is 0 Å². The number of carbonyl (C=O) groups is 3. The summed E-state index contributed by atoms with van der Waals surface area (Å²) in [6, 6.07) is -0.342. The standard InChI is InChI=1S/C12H16N4O4S/c1-15-3-2-4-16(6-10(15)17)12(20)13-5-9-14-8(7-21-9)11(18)19/h7H,2-6H2,1H3,(H,13,20)(H,18,19). The molecule has 1 aromatic heterocycles. The SMILES string of the molecule is CN1CCCN(C(=O)NCc2nc(C(=O)O)cs2)CC1=O. The van der Waals surface area contributed by atoms with E-state index in [0.717, 1.165) is 6.42 Å². The molecule has 2 N–H and O–H groups in total. The Morgan fingerprint density at radius 1 is 1.48 bits per heavy atom. The highest BCUT2D eigenvalue weighted by Crippen LogP contribution is 2.10. The predicted octanol–water partition coefficient (Wildman–Crippen LogP) is 0.215. The van der Waals surface area contributed by atoms with Crippen molar-refractivity contribution in [2.24, 2.45) is 0 Å². The molecule has 0 saturated carbocycles. The van der Waals surface area contributed by atoms with E-state index < -0.39 is 5.97 Å². The number of likely N-dealkylation sites (N-methyl/N-ethyl adjacent to an activating group) is 1. The summed E-state index contributed by atoms with van der Waals surface area (Å²) in [5.74, 6) is -1.19. The molecule has 2 heterocycles. The van der Waals surface area contributed by atoms with E-state index in [4.69, 9.17) is 5.11 Å². The smallest absolute Gasteiger partial charge is 0.355 e. The second-order valence-electron chi connectivity index (χ2n) is 4.68. The summed E-state index contributed by atoms with van der Waals surface area (Å²) < 4.78 is 0. The Morgan fingerprint density at radius 2 is 2.24 bits per heavy atom. The lowest BCUT2D eigenvalue weighted by molar-refractivity contribution is -0.129. The zero-order valence-corrected chi connectivity index (χ0v) is 12.4. The van der Waals surface area contributed by atoms with Gasteiger partial charge in [-0.3, -0.25) is 4.79 Å². The molecule has 9 heteroatoms. The van der Waals surface area contributed by atoms with Crippen LogP contribution in [0.15, 0.2) is 5.38 Å². The highest BCUT2D eigenvalue weighted by atomic mass is 32.1. The van der Waals surface area contributed by atoms with E-state index in [9.17, 15) is 14.4 Å². The minimum atomic E-state index is -1.09. The van der Waals surface area contributed by atoms with Crippen LogP contribution in [0.5, 0.6) is 0 Å². The number of rotatable bonds is 3. The van der Waals surface area contributed by atoms with E-state index in [-0.39, 0.29) is 30.7 Å². The van der Waals surface area contributed by atoms with Crippen molar-refractivity contribution < 1.29 is 19.5 Å². The second-order valence-corrected chi connectivity index (χ2v) is 5.62. The van der Waals surface area contributed by atoms with Gasteiger partial charge in [0.05, 0.1) is 6.54 Å². The summed E-state index contributed by atoms with van der Waals surface area (Å²) in [6.07, 6.45) is 0.732. The molecule has 0 aliphatic carbocycles. The molecule has 0 radical (unpaired) electrons. The summed E-state index contributed by atoms with van der Waals surface area (Å²) >= 11 is 1.17. The molecule has 3 amide bonds. The monoisotopic (exact) mass is 312 g/mol. The number of hydrogen-bond donors (Lipinski definition) is 2. The maximum Gasteiger partial charge on any atom is 0.355 e. The van der Waals surface area contributed by atoms with Crippen LogP contribution in [0.25, 0.3) is 0 Å². The molecule has 0 unspecified atom stereocenters. The average molecular weight is 312 g/mol. The van der Waals surface area contributed by atoms with Crippen molar-refractivity contribution in [3.63, 3.8) is 0 Å². The molecule has 114 valence electrons. The summed E-state index contributed by atoms with van der Waals surface area (Å²) in [5, 5.41) is 13.4. The predicted molar refractivity (Wildman–Crippen MR) is 75.1 cm³/mol. The van der Waals surface area contributed by atoms with Gasteiger partial charge in [-0.2, -0.15) is 0 Å². The van der Waals surface area contributed by atoms with Crippen molar-refractivity contribution in [2.75, 3.05) is 26.7 Å². The van der Waals surface area contributed by atoms with Crippen LogP contribution in [0, 0.1) is 0 Å². The first kappa shape index (κ1) is 15.2. The number of carbonyl (C=O) groups excluding carboxylic acids is 2. The number of amides is 3. The number of carboxylic acids is 1. The van der Waals surface area contributed by atoms with Gasteiger partial charge < -0.3 is 20.2 Å². The van der Waals surface area contributed by atoms with Gasteiger partial charge in [-0.25, -0.2) is 14.6 Å². The number of nitrogens with one attached hydrogen (secondary N) is 1. The van der Waals surface area contributed by atoms with E-state index in [1.807, 2.05) is 0 Å². The van der Waals surface area contributed by atoms with Crippen LogP contribution in [0.4, 0.5) is 4.79 Å². The molecule has 2 rings (SSSR count). The molecule has 0 spiro atoms. The van der Waals surface area contributed by atoms with Crippen LogP contribution >= 0.6 is 11.3 Å². The van der Waals surface area contributed by atoms with Crippen LogP contribution in [0.2, 0.25) is 0 Å². The van der Waals surface area contributed by atoms with Crippen LogP contribution in [-0.2, 0) is 11.3 Å². The van der Waals surface area contributed by atoms with E-state index in [1.54, 1.807) is 11.9 Å². The van der Waals surface area contributed by atoms with Crippen LogP contribution in [0.1, 0.15) is 21.9 Å². The van der Waals surface area contributed by atoms with Gasteiger partial charge in [0.1, 0.15) is 11.6 Å². The maximum atomic E-state index is 12.0. The molecule has 1 aromatic rings. The van der Waals surface area contributed by atoms with E-state index >= 15 is 0 Å². The number of carboxylic acid groups (broad SMARTS) is 1. The molecule has 1 aliphatic rings. The van der Waals surface area contributed by atoms with Crippen molar-refractivity contribution in [1.29, 1.82) is 0 Å². The van der Waals surface area contributed by atoms with Crippen molar-refractivity contribution in [1.82, 2.24) is 20.1 Å². The first-order valence-electron chi connectivity index (χ1n) is 6.42. The highest BCUT2D eigenvalue weighted by molar-refractivity contribution is 7.09. The van der Waals surface area contributed by atoms with Crippen molar-refractivity contribution in [3.05, 3.63) is 16.1 Å². The van der Waals surface area contributed by atoms with Crippen molar-refractivity contribution >= 4 is 29.2 Å². The summed E-state index contributed by atoms with van der Waals surface area (Å²) in [6.45, 7) is 1.36. The molecule has 1 saturated heterocycles. The zero-order chi connectivity index (χ0) is 15.4. The van der Waals surface area contributed by atoms with Crippen molar-refractivity contribution in [2.45, 2.75) is 13.0 Å². The van der Waals surface area contributed by atoms with Gasteiger partial charge in [0.15, 0.2) is 5.69 Å². The molecule has 0 aromatic carbocycles. The normalized spacial score (nSPS) is 15.8. The quantitative estimate of drug-likeness (QED) is 0.831. The fourth-order valence-corrected chi connectivity index (χ4v) is 2.62. The number of nitrogens with zero attached hydrogens (tertiary/aromatic N) is 3. The third kappa shape index (κ3) is 3.91. The average Bonchev–Trinajstić information content (AvgIpc) is 2.85. The third-order valence-electron chi connectivity index (χ3n) is 3.12.